The van der Waals surface area contributed by atoms with Crippen molar-refractivity contribution in [2.24, 2.45) is 0 Å². The highest BCUT2D eigenvalue weighted by molar-refractivity contribution is 5.96. The average Bonchev–Trinajstić information content (AvgIpc) is 2.85. The molecule has 1 heterocycles. The van der Waals surface area contributed by atoms with Gasteiger partial charge in [0.25, 0.3) is 5.69 Å². The number of carbonyl (C=O) groups is 1. The minimum Gasteiger partial charge on any atom is -0.324 e. The van der Waals surface area contributed by atoms with Crippen LogP contribution in [0, 0.1) is 24.0 Å². The summed E-state index contributed by atoms with van der Waals surface area (Å²) in [6.45, 7) is 4.36. The van der Waals surface area contributed by atoms with E-state index in [-0.39, 0.29) is 17.6 Å². The van der Waals surface area contributed by atoms with Crippen LogP contribution in [0.5, 0.6) is 0 Å². The molecule has 1 fully saturated rings. The van der Waals surface area contributed by atoms with Crippen molar-refractivity contribution in [3.05, 3.63) is 33.4 Å². The number of nitrogens with zero attached hydrogens (tertiary/aromatic N) is 1. The van der Waals surface area contributed by atoms with E-state index < -0.39 is 4.92 Å². The quantitative estimate of drug-likeness (QED) is 0.644. The Morgan fingerprint density at radius 1 is 1.42 bits per heavy atom. The van der Waals surface area contributed by atoms with E-state index in [0.29, 0.717) is 11.3 Å². The monoisotopic (exact) mass is 263 g/mol. The number of nitro benzene ring substituents is 1. The molecule has 1 aromatic rings. The number of hydrogen-bond donors (Lipinski definition) is 2. The van der Waals surface area contributed by atoms with Gasteiger partial charge in [-0.1, -0.05) is 0 Å². The largest absolute Gasteiger partial charge is 0.324 e. The van der Waals surface area contributed by atoms with Crippen molar-refractivity contribution in [2.75, 3.05) is 11.9 Å². The van der Waals surface area contributed by atoms with Crippen LogP contribution in [0.3, 0.4) is 0 Å². The first-order valence-corrected chi connectivity index (χ1v) is 6.29. The second-order valence-electron chi connectivity index (χ2n) is 4.85. The predicted octanol–water partition coefficient (Wildman–Crippen LogP) is 1.90. The molecule has 0 unspecified atom stereocenters. The van der Waals surface area contributed by atoms with Gasteiger partial charge >= 0.3 is 0 Å². The number of amides is 1. The van der Waals surface area contributed by atoms with Gasteiger partial charge in [-0.25, -0.2) is 0 Å². The van der Waals surface area contributed by atoms with E-state index >= 15 is 0 Å². The minimum atomic E-state index is -0.432. The summed E-state index contributed by atoms with van der Waals surface area (Å²) in [5.41, 5.74) is 1.96. The standard InChI is InChI=1S/C13H17N3O3/c1-8-6-9(2)12(16(18)19)7-11(8)15-13(17)10-4-3-5-14-10/h6-7,10,14H,3-5H2,1-2H3,(H,15,17)/t10-/m0/s1. The Labute approximate surface area is 111 Å². The second-order valence-corrected chi connectivity index (χ2v) is 4.85. The van der Waals surface area contributed by atoms with Crippen LogP contribution in [-0.4, -0.2) is 23.4 Å². The maximum absolute atomic E-state index is 12.0. The lowest BCUT2D eigenvalue weighted by atomic mass is 10.1. The maximum atomic E-state index is 12.0. The first-order chi connectivity index (χ1) is 8.99. The van der Waals surface area contributed by atoms with Gasteiger partial charge in [0, 0.05) is 11.6 Å². The van der Waals surface area contributed by atoms with Gasteiger partial charge in [0.05, 0.1) is 16.7 Å². The van der Waals surface area contributed by atoms with Gasteiger partial charge in [-0.15, -0.1) is 0 Å². The lowest BCUT2D eigenvalue weighted by Gasteiger charge is -2.13. The molecule has 0 saturated carbocycles. The molecule has 0 aromatic heterocycles. The highest BCUT2D eigenvalue weighted by Crippen LogP contribution is 2.26. The summed E-state index contributed by atoms with van der Waals surface area (Å²) < 4.78 is 0. The van der Waals surface area contributed by atoms with Gasteiger partial charge in [0.1, 0.15) is 0 Å². The van der Waals surface area contributed by atoms with Crippen molar-refractivity contribution >= 4 is 17.3 Å². The molecule has 1 aliphatic rings. The molecule has 1 atom stereocenters. The number of hydrogen-bond acceptors (Lipinski definition) is 4. The van der Waals surface area contributed by atoms with Crippen LogP contribution in [0.2, 0.25) is 0 Å². The molecule has 6 heteroatoms. The van der Waals surface area contributed by atoms with E-state index in [1.165, 1.54) is 6.07 Å². The number of carbonyl (C=O) groups excluding carboxylic acids is 1. The molecule has 2 N–H and O–H groups in total. The Bertz CT molecular complexity index is 522. The molecular weight excluding hydrogens is 246 g/mol. The van der Waals surface area contributed by atoms with Crippen molar-refractivity contribution in [1.29, 1.82) is 0 Å². The van der Waals surface area contributed by atoms with E-state index in [1.807, 2.05) is 6.92 Å². The van der Waals surface area contributed by atoms with E-state index in [0.717, 1.165) is 24.9 Å². The third-order valence-electron chi connectivity index (χ3n) is 3.37. The molecule has 19 heavy (non-hydrogen) atoms. The first kappa shape index (κ1) is 13.5. The number of nitro groups is 1. The summed E-state index contributed by atoms with van der Waals surface area (Å²) in [5.74, 6) is -0.126. The Hall–Kier alpha value is -1.95. The zero-order valence-corrected chi connectivity index (χ0v) is 11.0. The SMILES string of the molecule is Cc1cc(C)c([N+](=O)[O-])cc1NC(=O)[C@@H]1CCCN1. The second kappa shape index (κ2) is 5.36. The highest BCUT2D eigenvalue weighted by atomic mass is 16.6. The molecular formula is C13H17N3O3. The molecule has 0 radical (unpaired) electrons. The normalized spacial score (nSPS) is 18.3. The Morgan fingerprint density at radius 2 is 2.16 bits per heavy atom. The number of benzene rings is 1. The molecule has 6 nitrogen and oxygen atoms in total. The van der Waals surface area contributed by atoms with Crippen LogP contribution in [0.4, 0.5) is 11.4 Å². The molecule has 0 spiro atoms. The third kappa shape index (κ3) is 2.90. The lowest BCUT2D eigenvalue weighted by Crippen LogP contribution is -2.35. The van der Waals surface area contributed by atoms with Crippen LogP contribution in [0.25, 0.3) is 0 Å². The van der Waals surface area contributed by atoms with Crippen molar-refractivity contribution in [1.82, 2.24) is 5.32 Å². The zero-order valence-electron chi connectivity index (χ0n) is 11.0. The van der Waals surface area contributed by atoms with Gasteiger partial charge < -0.3 is 10.6 Å². The van der Waals surface area contributed by atoms with Crippen molar-refractivity contribution < 1.29 is 9.72 Å². The third-order valence-corrected chi connectivity index (χ3v) is 3.37. The summed E-state index contributed by atoms with van der Waals surface area (Å²) in [4.78, 5) is 22.5. The van der Waals surface area contributed by atoms with Crippen LogP contribution < -0.4 is 10.6 Å². The summed E-state index contributed by atoms with van der Waals surface area (Å²) >= 11 is 0. The number of anilines is 1. The molecule has 1 amide bonds. The number of rotatable bonds is 3. The molecule has 0 aliphatic carbocycles. The molecule has 102 valence electrons. The average molecular weight is 263 g/mol. The number of aryl methyl sites for hydroxylation is 2. The van der Waals surface area contributed by atoms with Crippen LogP contribution in [0.15, 0.2) is 12.1 Å². The summed E-state index contributed by atoms with van der Waals surface area (Å²) in [5, 5.41) is 16.8. The lowest BCUT2D eigenvalue weighted by molar-refractivity contribution is -0.385. The summed E-state index contributed by atoms with van der Waals surface area (Å²) in [7, 11) is 0. The van der Waals surface area contributed by atoms with E-state index in [9.17, 15) is 14.9 Å². The molecule has 1 saturated heterocycles. The zero-order chi connectivity index (χ0) is 14.0. The Balaban J connectivity index is 2.21. The first-order valence-electron chi connectivity index (χ1n) is 6.29. The Morgan fingerprint density at radius 3 is 2.74 bits per heavy atom. The molecule has 0 bridgehead atoms. The van der Waals surface area contributed by atoms with Crippen molar-refractivity contribution in [3.63, 3.8) is 0 Å². The maximum Gasteiger partial charge on any atom is 0.274 e. The van der Waals surface area contributed by atoms with Crippen LogP contribution in [-0.2, 0) is 4.79 Å². The predicted molar refractivity (Wildman–Crippen MR) is 72.2 cm³/mol. The smallest absolute Gasteiger partial charge is 0.274 e. The topological polar surface area (TPSA) is 84.3 Å². The van der Waals surface area contributed by atoms with Gasteiger partial charge in [0.2, 0.25) is 5.91 Å². The highest BCUT2D eigenvalue weighted by Gasteiger charge is 2.23. The number of nitrogens with one attached hydrogen (secondary N) is 2. The van der Waals surface area contributed by atoms with Crippen LogP contribution in [0.1, 0.15) is 24.0 Å². The van der Waals surface area contributed by atoms with Gasteiger partial charge in [-0.05, 0) is 44.9 Å². The fourth-order valence-corrected chi connectivity index (χ4v) is 2.30. The van der Waals surface area contributed by atoms with Gasteiger partial charge in [0.15, 0.2) is 0 Å². The van der Waals surface area contributed by atoms with E-state index in [4.69, 9.17) is 0 Å². The minimum absolute atomic E-state index is 0.0280. The fourth-order valence-electron chi connectivity index (χ4n) is 2.30. The fraction of sp³-hybridized carbons (Fsp3) is 0.462. The van der Waals surface area contributed by atoms with Crippen molar-refractivity contribution in [2.45, 2.75) is 32.7 Å². The van der Waals surface area contributed by atoms with E-state index in [1.54, 1.807) is 13.0 Å². The Kier molecular flexibility index (Phi) is 3.80. The van der Waals surface area contributed by atoms with E-state index in [2.05, 4.69) is 10.6 Å². The van der Waals surface area contributed by atoms with Crippen LogP contribution >= 0.6 is 0 Å². The van der Waals surface area contributed by atoms with Gasteiger partial charge in [-0.2, -0.15) is 0 Å². The molecule has 2 rings (SSSR count). The summed E-state index contributed by atoms with van der Waals surface area (Å²) in [6, 6.07) is 2.95. The molecule has 1 aliphatic heterocycles. The molecule has 1 aromatic carbocycles. The van der Waals surface area contributed by atoms with Crippen molar-refractivity contribution in [3.8, 4) is 0 Å². The van der Waals surface area contributed by atoms with Gasteiger partial charge in [-0.3, -0.25) is 14.9 Å². The summed E-state index contributed by atoms with van der Waals surface area (Å²) in [6.07, 6.45) is 1.78.